The first-order valence-electron chi connectivity index (χ1n) is 4.17. The number of hydrogen-bond acceptors (Lipinski definition) is 0. The second-order valence-corrected chi connectivity index (χ2v) is 5.89. The van der Waals surface area contributed by atoms with E-state index in [1.54, 1.807) is 5.20 Å². The summed E-state index contributed by atoms with van der Waals surface area (Å²) < 4.78 is 0. The average molecular weight is 152 g/mol. The van der Waals surface area contributed by atoms with Crippen LogP contribution in [0.5, 0.6) is 0 Å². The summed E-state index contributed by atoms with van der Waals surface area (Å²) in [6, 6.07) is 0. The molecular weight excluding hydrogens is 136 g/mol. The van der Waals surface area contributed by atoms with Gasteiger partial charge in [-0.2, -0.15) is 0 Å². The van der Waals surface area contributed by atoms with Crippen molar-refractivity contribution in [1.82, 2.24) is 0 Å². The molecular formula is C9H16Si. The molecule has 1 aliphatic rings. The summed E-state index contributed by atoms with van der Waals surface area (Å²) in [7, 11) is 0.111. The molecule has 1 aliphatic carbocycles. The largest absolute Gasteiger partial charge is 0.0840 e. The molecule has 10 heavy (non-hydrogen) atoms. The summed E-state index contributed by atoms with van der Waals surface area (Å²) in [5, 5.41) is 1.74. The molecule has 0 nitrogen and oxygen atoms in total. The molecule has 0 spiro atoms. The van der Waals surface area contributed by atoms with Gasteiger partial charge in [-0.15, -0.1) is 0 Å². The summed E-state index contributed by atoms with van der Waals surface area (Å²) in [5.74, 6) is 0. The Hall–Kier alpha value is -0.303. The minimum atomic E-state index is 0.111. The Kier molecular flexibility index (Phi) is 2.94. The van der Waals surface area contributed by atoms with Gasteiger partial charge >= 0.3 is 0 Å². The fraction of sp³-hybridized carbons (Fsp3) is 0.556. The molecule has 0 N–H and O–H groups in total. The Morgan fingerprint density at radius 2 is 2.50 bits per heavy atom. The molecule has 0 amide bonds. The third kappa shape index (κ3) is 2.14. The van der Waals surface area contributed by atoms with Crippen LogP contribution in [0.4, 0.5) is 0 Å². The van der Waals surface area contributed by atoms with Crippen LogP contribution >= 0.6 is 0 Å². The second-order valence-electron chi connectivity index (χ2n) is 3.17. The van der Waals surface area contributed by atoms with Crippen molar-refractivity contribution in [2.45, 2.75) is 32.2 Å². The Morgan fingerprint density at radius 1 is 1.70 bits per heavy atom. The number of hydrogen-bond donors (Lipinski definition) is 0. The molecule has 0 aromatic carbocycles. The normalized spacial score (nSPS) is 20.4. The summed E-state index contributed by atoms with van der Waals surface area (Å²) in [4.78, 5) is 0. The summed E-state index contributed by atoms with van der Waals surface area (Å²) in [5.41, 5.74) is 1.01. The van der Waals surface area contributed by atoms with Crippen LogP contribution in [0.3, 0.4) is 0 Å². The first-order chi connectivity index (χ1) is 4.83. The van der Waals surface area contributed by atoms with E-state index in [0.717, 1.165) is 5.54 Å². The van der Waals surface area contributed by atoms with Crippen molar-refractivity contribution < 1.29 is 0 Å². The van der Waals surface area contributed by atoms with Crippen molar-refractivity contribution in [2.75, 3.05) is 0 Å². The number of allylic oxidation sites excluding steroid dienone is 4. The van der Waals surface area contributed by atoms with Crippen LogP contribution in [0, 0.1) is 0 Å². The maximum absolute atomic E-state index is 2.38. The zero-order valence-corrected chi connectivity index (χ0v) is 8.34. The van der Waals surface area contributed by atoms with Crippen molar-refractivity contribution in [3.8, 4) is 0 Å². The molecule has 0 heterocycles. The van der Waals surface area contributed by atoms with Gasteiger partial charge in [0.1, 0.15) is 0 Å². The van der Waals surface area contributed by atoms with E-state index >= 15 is 0 Å². The van der Waals surface area contributed by atoms with Gasteiger partial charge in [-0.3, -0.25) is 0 Å². The molecule has 1 unspecified atom stereocenters. The molecule has 0 aliphatic heterocycles. The molecule has 0 bridgehead atoms. The van der Waals surface area contributed by atoms with E-state index in [0.29, 0.717) is 0 Å². The van der Waals surface area contributed by atoms with Crippen molar-refractivity contribution >= 4 is 9.52 Å². The van der Waals surface area contributed by atoms with Crippen LogP contribution < -0.4 is 0 Å². The van der Waals surface area contributed by atoms with Gasteiger partial charge in [0, 0.05) is 0 Å². The lowest BCUT2D eigenvalue weighted by molar-refractivity contribution is 0.870. The lowest BCUT2D eigenvalue weighted by Gasteiger charge is -2.06. The average Bonchev–Trinajstić information content (AvgIpc) is 2.40. The molecule has 1 atom stereocenters. The molecule has 0 saturated heterocycles. The van der Waals surface area contributed by atoms with Crippen molar-refractivity contribution in [1.29, 1.82) is 0 Å². The topological polar surface area (TPSA) is 0 Å². The van der Waals surface area contributed by atoms with E-state index in [2.05, 4.69) is 32.1 Å². The van der Waals surface area contributed by atoms with Gasteiger partial charge in [-0.05, 0) is 6.42 Å². The van der Waals surface area contributed by atoms with Crippen LogP contribution in [-0.2, 0) is 0 Å². The highest BCUT2D eigenvalue weighted by molar-refractivity contribution is 6.47. The summed E-state index contributed by atoms with van der Waals surface area (Å²) in [6.45, 7) is 4.67. The van der Waals surface area contributed by atoms with E-state index in [9.17, 15) is 0 Å². The summed E-state index contributed by atoms with van der Waals surface area (Å²) >= 11 is 0. The quantitative estimate of drug-likeness (QED) is 0.544. The third-order valence-corrected chi connectivity index (χ3v) is 4.48. The monoisotopic (exact) mass is 152 g/mol. The van der Waals surface area contributed by atoms with Gasteiger partial charge in [0.2, 0.25) is 0 Å². The van der Waals surface area contributed by atoms with Crippen molar-refractivity contribution in [2.24, 2.45) is 0 Å². The zero-order chi connectivity index (χ0) is 7.40. The van der Waals surface area contributed by atoms with Crippen LogP contribution in [0.1, 0.15) is 26.7 Å². The Balaban J connectivity index is 2.26. The fourth-order valence-electron chi connectivity index (χ4n) is 1.23. The molecule has 1 rings (SSSR count). The van der Waals surface area contributed by atoms with Crippen molar-refractivity contribution in [3.05, 3.63) is 23.4 Å². The van der Waals surface area contributed by atoms with Gasteiger partial charge in [-0.1, -0.05) is 49.2 Å². The highest BCUT2D eigenvalue weighted by atomic mass is 28.2. The Morgan fingerprint density at radius 3 is 3.00 bits per heavy atom. The molecule has 0 aromatic heterocycles. The van der Waals surface area contributed by atoms with Crippen LogP contribution in [-0.4, -0.2) is 9.52 Å². The number of rotatable bonds is 3. The maximum atomic E-state index is 2.38. The molecule has 0 fully saturated rings. The first kappa shape index (κ1) is 7.80. The molecule has 0 aromatic rings. The lowest BCUT2D eigenvalue weighted by Crippen LogP contribution is -2.00. The van der Waals surface area contributed by atoms with E-state index in [1.165, 1.54) is 12.8 Å². The minimum absolute atomic E-state index is 0.111. The zero-order valence-electron chi connectivity index (χ0n) is 6.93. The third-order valence-electron chi connectivity index (χ3n) is 2.16. The predicted molar refractivity (Wildman–Crippen MR) is 50.1 cm³/mol. The van der Waals surface area contributed by atoms with E-state index in [1.807, 2.05) is 0 Å². The van der Waals surface area contributed by atoms with E-state index < -0.39 is 0 Å². The highest BCUT2D eigenvalue weighted by Crippen LogP contribution is 2.16. The van der Waals surface area contributed by atoms with Gasteiger partial charge < -0.3 is 0 Å². The SMILES string of the molecule is CCC(C)[SiH2]C1=CC=CC1. The highest BCUT2D eigenvalue weighted by Gasteiger charge is 2.04. The van der Waals surface area contributed by atoms with E-state index in [-0.39, 0.29) is 9.52 Å². The van der Waals surface area contributed by atoms with E-state index in [4.69, 9.17) is 0 Å². The van der Waals surface area contributed by atoms with Crippen LogP contribution in [0.2, 0.25) is 5.54 Å². The van der Waals surface area contributed by atoms with Gasteiger partial charge in [0.05, 0.1) is 9.52 Å². The van der Waals surface area contributed by atoms with Gasteiger partial charge in [0.25, 0.3) is 0 Å². The van der Waals surface area contributed by atoms with Crippen LogP contribution in [0.15, 0.2) is 23.4 Å². The molecule has 0 saturated carbocycles. The van der Waals surface area contributed by atoms with Gasteiger partial charge in [-0.25, -0.2) is 0 Å². The predicted octanol–water partition coefficient (Wildman–Crippen LogP) is 2.22. The van der Waals surface area contributed by atoms with Crippen LogP contribution in [0.25, 0.3) is 0 Å². The molecule has 56 valence electrons. The first-order valence-corrected chi connectivity index (χ1v) is 5.70. The molecule has 0 radical (unpaired) electrons. The Labute approximate surface area is 65.8 Å². The van der Waals surface area contributed by atoms with Gasteiger partial charge in [0.15, 0.2) is 0 Å². The fourth-order valence-corrected chi connectivity index (χ4v) is 3.02. The molecule has 1 heteroatoms. The minimum Gasteiger partial charge on any atom is -0.0840 e. The van der Waals surface area contributed by atoms with Crippen molar-refractivity contribution in [3.63, 3.8) is 0 Å². The summed E-state index contributed by atoms with van der Waals surface area (Å²) in [6.07, 6.45) is 9.41. The smallest absolute Gasteiger partial charge is 0.0527 e. The maximum Gasteiger partial charge on any atom is 0.0527 e. The Bertz CT molecular complexity index is 156. The second kappa shape index (κ2) is 3.77. The lowest BCUT2D eigenvalue weighted by atomic mass is 10.4. The standard InChI is InChI=1S/C9H16Si/c1-3-8(2)10-9-6-4-5-7-9/h4-6,8H,3,7,10H2,1-2H3.